The first-order chi connectivity index (χ1) is 8.44. The van der Waals surface area contributed by atoms with Crippen LogP contribution in [0.1, 0.15) is 26.2 Å². The van der Waals surface area contributed by atoms with Crippen molar-refractivity contribution in [2.45, 2.75) is 26.2 Å². The molecule has 114 valence electrons. The molecule has 0 bridgehead atoms. The van der Waals surface area contributed by atoms with Gasteiger partial charge in [-0.05, 0) is 31.8 Å². The average Bonchev–Trinajstić information content (AvgIpc) is 2.37. The minimum absolute atomic E-state index is 0. The lowest BCUT2D eigenvalue weighted by Crippen LogP contribution is -2.35. The molecule has 1 heterocycles. The van der Waals surface area contributed by atoms with Crippen molar-refractivity contribution < 1.29 is 13.2 Å². The maximum Gasteiger partial charge on any atom is 0.222 e. The predicted molar refractivity (Wildman–Crippen MR) is 79.4 cm³/mol. The number of nitrogens with zero attached hydrogens (tertiary/aromatic N) is 1. The van der Waals surface area contributed by atoms with Gasteiger partial charge in [0.2, 0.25) is 5.91 Å². The smallest absolute Gasteiger partial charge is 0.222 e. The number of rotatable bonds is 6. The fraction of sp³-hybridized carbons (Fsp3) is 0.917. The molecule has 1 rings (SSSR count). The Bertz CT molecular complexity index is 367. The summed E-state index contributed by atoms with van der Waals surface area (Å²) in [5, 5.41) is 3.27. The van der Waals surface area contributed by atoms with Gasteiger partial charge in [-0.1, -0.05) is 6.92 Å². The molecule has 0 aromatic carbocycles. The van der Waals surface area contributed by atoms with Crippen molar-refractivity contribution in [3.63, 3.8) is 0 Å². The van der Waals surface area contributed by atoms with Crippen molar-refractivity contribution in [3.8, 4) is 0 Å². The highest BCUT2D eigenvalue weighted by atomic mass is 35.5. The van der Waals surface area contributed by atoms with E-state index in [1.54, 1.807) is 18.9 Å². The van der Waals surface area contributed by atoms with Gasteiger partial charge < -0.3 is 10.2 Å². The summed E-state index contributed by atoms with van der Waals surface area (Å²) in [7, 11) is -1.30. The van der Waals surface area contributed by atoms with E-state index in [1.165, 1.54) is 0 Å². The topological polar surface area (TPSA) is 66.5 Å². The van der Waals surface area contributed by atoms with Gasteiger partial charge in [0.15, 0.2) is 9.84 Å². The van der Waals surface area contributed by atoms with Gasteiger partial charge in [-0.15, -0.1) is 12.4 Å². The molecule has 0 atom stereocenters. The lowest BCUT2D eigenvalue weighted by Gasteiger charge is -2.24. The van der Waals surface area contributed by atoms with Crippen LogP contribution < -0.4 is 5.32 Å². The van der Waals surface area contributed by atoms with Crippen LogP contribution in [-0.4, -0.2) is 57.4 Å². The Morgan fingerprint density at radius 2 is 1.89 bits per heavy atom. The molecule has 0 radical (unpaired) electrons. The molecular formula is C12H25ClN2O3S. The third kappa shape index (κ3) is 7.13. The Kier molecular flexibility index (Phi) is 8.61. The summed E-state index contributed by atoms with van der Waals surface area (Å²) in [5.74, 6) is 0.721. The van der Waals surface area contributed by atoms with Gasteiger partial charge in [-0.2, -0.15) is 0 Å². The Morgan fingerprint density at radius 1 is 1.32 bits per heavy atom. The number of halogens is 1. The summed E-state index contributed by atoms with van der Waals surface area (Å²) in [5.41, 5.74) is 0. The maximum atomic E-state index is 11.9. The molecule has 5 nitrogen and oxygen atoms in total. The first kappa shape index (κ1) is 18.7. The molecule has 1 fully saturated rings. The van der Waals surface area contributed by atoms with Gasteiger partial charge in [-0.3, -0.25) is 4.79 Å². The Morgan fingerprint density at radius 3 is 2.42 bits per heavy atom. The molecule has 1 N–H and O–H groups in total. The summed E-state index contributed by atoms with van der Waals surface area (Å²) >= 11 is 0. The van der Waals surface area contributed by atoms with Crippen LogP contribution in [-0.2, 0) is 14.6 Å². The first-order valence-corrected chi connectivity index (χ1v) is 8.42. The predicted octanol–water partition coefficient (Wildman–Crippen LogP) is 0.691. The molecule has 1 saturated heterocycles. The van der Waals surface area contributed by atoms with Gasteiger partial charge in [0.05, 0.1) is 5.75 Å². The van der Waals surface area contributed by atoms with Crippen LogP contribution in [0.5, 0.6) is 0 Å². The van der Waals surface area contributed by atoms with Crippen LogP contribution in [0.2, 0.25) is 0 Å². The molecule has 1 aliphatic rings. The highest BCUT2D eigenvalue weighted by Crippen LogP contribution is 2.16. The number of carbonyl (C=O) groups is 1. The molecule has 0 aromatic rings. The summed E-state index contributed by atoms with van der Waals surface area (Å²) in [6, 6.07) is 0. The van der Waals surface area contributed by atoms with E-state index in [1.807, 2.05) is 0 Å². The van der Waals surface area contributed by atoms with Gasteiger partial charge >= 0.3 is 0 Å². The zero-order valence-corrected chi connectivity index (χ0v) is 13.4. The van der Waals surface area contributed by atoms with Gasteiger partial charge in [0.1, 0.15) is 0 Å². The highest BCUT2D eigenvalue weighted by molar-refractivity contribution is 7.91. The highest BCUT2D eigenvalue weighted by Gasteiger charge is 2.20. The molecule has 0 unspecified atom stereocenters. The number of amides is 1. The average molecular weight is 313 g/mol. The third-order valence-corrected chi connectivity index (χ3v) is 5.21. The first-order valence-electron chi connectivity index (χ1n) is 6.59. The monoisotopic (exact) mass is 312 g/mol. The van der Waals surface area contributed by atoms with Crippen LogP contribution >= 0.6 is 12.4 Å². The normalized spacial score (nSPS) is 16.7. The number of hydrogen-bond acceptors (Lipinski definition) is 4. The Hall–Kier alpha value is -0.330. The van der Waals surface area contributed by atoms with E-state index in [0.717, 1.165) is 25.9 Å². The number of hydrogen-bond donors (Lipinski definition) is 1. The third-order valence-electron chi connectivity index (χ3n) is 3.53. The second-order valence-electron chi connectivity index (χ2n) is 4.95. The second-order valence-corrected chi connectivity index (χ2v) is 7.42. The largest absolute Gasteiger partial charge is 0.345 e. The second kappa shape index (κ2) is 8.76. The van der Waals surface area contributed by atoms with Crippen LogP contribution in [0.15, 0.2) is 0 Å². The van der Waals surface area contributed by atoms with Gasteiger partial charge in [0.25, 0.3) is 0 Å². The lowest BCUT2D eigenvalue weighted by atomic mass is 9.94. The molecule has 19 heavy (non-hydrogen) atoms. The van der Waals surface area contributed by atoms with Crippen LogP contribution in [0.3, 0.4) is 0 Å². The van der Waals surface area contributed by atoms with Crippen molar-refractivity contribution in [1.29, 1.82) is 0 Å². The van der Waals surface area contributed by atoms with Crippen LogP contribution in [0.25, 0.3) is 0 Å². The van der Waals surface area contributed by atoms with Gasteiger partial charge in [-0.25, -0.2) is 8.42 Å². The number of sulfone groups is 1. The van der Waals surface area contributed by atoms with Crippen molar-refractivity contribution in [1.82, 2.24) is 10.2 Å². The maximum absolute atomic E-state index is 11.9. The van der Waals surface area contributed by atoms with E-state index in [-0.39, 0.29) is 29.8 Å². The summed E-state index contributed by atoms with van der Waals surface area (Å²) in [6.45, 7) is 3.89. The molecule has 0 aliphatic carbocycles. The summed E-state index contributed by atoms with van der Waals surface area (Å²) in [4.78, 5) is 13.5. The number of nitrogens with one attached hydrogen (secondary N) is 1. The molecule has 0 saturated carbocycles. The van der Waals surface area contributed by atoms with Gasteiger partial charge in [0, 0.05) is 25.8 Å². The Labute approximate surface area is 122 Å². The number of carbonyl (C=O) groups excluding carboxylic acids is 1. The zero-order valence-electron chi connectivity index (χ0n) is 11.7. The molecule has 0 aromatic heterocycles. The molecule has 1 aliphatic heterocycles. The molecule has 1 amide bonds. The standard InChI is InChI=1S/C12H24N2O3S.ClH/c1-3-18(16,17)9-8-14(2)12(15)10-11-4-6-13-7-5-11;/h11,13H,3-10H2,1-2H3;1H. The fourth-order valence-electron chi connectivity index (χ4n) is 2.03. The van der Waals surface area contributed by atoms with Crippen molar-refractivity contribution in [2.24, 2.45) is 5.92 Å². The minimum Gasteiger partial charge on any atom is -0.345 e. The quantitative estimate of drug-likeness (QED) is 0.783. The number of piperidine rings is 1. The molecule has 0 spiro atoms. The van der Waals surface area contributed by atoms with E-state index in [0.29, 0.717) is 18.9 Å². The molecular weight excluding hydrogens is 288 g/mol. The summed E-state index contributed by atoms with van der Waals surface area (Å²) < 4.78 is 22.7. The van der Waals surface area contributed by atoms with E-state index >= 15 is 0 Å². The van der Waals surface area contributed by atoms with Crippen LogP contribution in [0, 0.1) is 5.92 Å². The molecule has 7 heteroatoms. The SMILES string of the molecule is CCS(=O)(=O)CCN(C)C(=O)CC1CCNCC1.Cl. The summed E-state index contributed by atoms with van der Waals surface area (Å²) in [6.07, 6.45) is 2.62. The van der Waals surface area contributed by atoms with E-state index in [2.05, 4.69) is 5.32 Å². The van der Waals surface area contributed by atoms with Crippen molar-refractivity contribution in [3.05, 3.63) is 0 Å². The fourth-order valence-corrected chi connectivity index (χ4v) is 2.87. The Balaban J connectivity index is 0.00000324. The minimum atomic E-state index is -2.99. The van der Waals surface area contributed by atoms with E-state index in [9.17, 15) is 13.2 Å². The van der Waals surface area contributed by atoms with E-state index < -0.39 is 9.84 Å². The van der Waals surface area contributed by atoms with E-state index in [4.69, 9.17) is 0 Å². The zero-order chi connectivity index (χ0) is 13.6. The van der Waals surface area contributed by atoms with Crippen molar-refractivity contribution in [2.75, 3.05) is 38.2 Å². The van der Waals surface area contributed by atoms with Crippen molar-refractivity contribution >= 4 is 28.2 Å². The van der Waals surface area contributed by atoms with Crippen LogP contribution in [0.4, 0.5) is 0 Å². The lowest BCUT2D eigenvalue weighted by molar-refractivity contribution is -0.130.